The molecule has 0 saturated heterocycles. The fraction of sp³-hybridized carbons (Fsp3) is 0. The zero-order valence-corrected chi connectivity index (χ0v) is 6.94. The lowest BCUT2D eigenvalue weighted by Gasteiger charge is -1.83. The largest absolute Gasteiger partial charge is 1.00 e. The first-order valence-electron chi connectivity index (χ1n) is 2.36. The van der Waals surface area contributed by atoms with Crippen LogP contribution in [0.4, 0.5) is 4.39 Å². The SMILES string of the molecule is Fc1cccc([PH3+])c1.[Cl-]. The molecule has 1 aromatic rings. The zero-order chi connectivity index (χ0) is 5.98. The molecule has 1 rings (SSSR count). The summed E-state index contributed by atoms with van der Waals surface area (Å²) < 4.78 is 12.2. The molecule has 50 valence electrons. The highest BCUT2D eigenvalue weighted by atomic mass is 35.5. The van der Waals surface area contributed by atoms with Crippen LogP contribution in [-0.2, 0) is 0 Å². The summed E-state index contributed by atoms with van der Waals surface area (Å²) in [4.78, 5) is 0. The Balaban J connectivity index is 0.000000640. The summed E-state index contributed by atoms with van der Waals surface area (Å²) in [5.41, 5.74) is 0. The lowest BCUT2D eigenvalue weighted by Crippen LogP contribution is -3.00. The Labute approximate surface area is 62.1 Å². The van der Waals surface area contributed by atoms with Gasteiger partial charge in [-0.1, -0.05) is 6.07 Å². The van der Waals surface area contributed by atoms with Crippen LogP contribution in [0.15, 0.2) is 24.3 Å². The highest BCUT2D eigenvalue weighted by Gasteiger charge is 1.88. The molecular formula is C6H7ClFP. The quantitative estimate of drug-likeness (QED) is 0.392. The second-order valence-electron chi connectivity index (χ2n) is 1.63. The van der Waals surface area contributed by atoms with Crippen molar-refractivity contribution in [2.24, 2.45) is 0 Å². The molecule has 3 heteroatoms. The fourth-order valence-corrected chi connectivity index (χ4v) is 0.868. The molecule has 0 saturated carbocycles. The maximum Gasteiger partial charge on any atom is 0.127 e. The first-order chi connectivity index (χ1) is 3.79. The van der Waals surface area contributed by atoms with Crippen LogP contribution in [0.2, 0.25) is 0 Å². The molecule has 1 aromatic carbocycles. The van der Waals surface area contributed by atoms with Crippen LogP contribution in [0.25, 0.3) is 0 Å². The lowest BCUT2D eigenvalue weighted by atomic mass is 10.4. The van der Waals surface area contributed by atoms with Gasteiger partial charge < -0.3 is 12.4 Å². The van der Waals surface area contributed by atoms with Crippen LogP contribution in [0.3, 0.4) is 0 Å². The molecule has 0 fully saturated rings. The predicted octanol–water partition coefficient (Wildman–Crippen LogP) is -1.94. The Bertz CT molecular complexity index is 173. The van der Waals surface area contributed by atoms with Crippen molar-refractivity contribution < 1.29 is 16.8 Å². The minimum atomic E-state index is -0.155. The Hall–Kier alpha value is -0.130. The molecule has 0 heterocycles. The molecule has 0 radical (unpaired) electrons. The van der Waals surface area contributed by atoms with Crippen LogP contribution in [0.1, 0.15) is 0 Å². The van der Waals surface area contributed by atoms with Crippen molar-refractivity contribution >= 4 is 14.5 Å². The van der Waals surface area contributed by atoms with Gasteiger partial charge in [-0.3, -0.25) is 0 Å². The van der Waals surface area contributed by atoms with Gasteiger partial charge in [-0.05, 0) is 12.1 Å². The number of hydrogen-bond acceptors (Lipinski definition) is 0. The Morgan fingerprint density at radius 2 is 2.00 bits per heavy atom. The fourth-order valence-electron chi connectivity index (χ4n) is 0.537. The van der Waals surface area contributed by atoms with Gasteiger partial charge in [-0.25, -0.2) is 4.39 Å². The summed E-state index contributed by atoms with van der Waals surface area (Å²) in [6, 6.07) is 6.54. The van der Waals surface area contributed by atoms with Gasteiger partial charge in [0.1, 0.15) is 5.82 Å². The third-order valence-electron chi connectivity index (χ3n) is 0.889. The smallest absolute Gasteiger partial charge is 0.127 e. The number of benzene rings is 1. The molecule has 0 nitrogen and oxygen atoms in total. The van der Waals surface area contributed by atoms with Crippen molar-refractivity contribution in [2.75, 3.05) is 0 Å². The van der Waals surface area contributed by atoms with Gasteiger partial charge in [0, 0.05) is 15.3 Å². The molecule has 0 spiro atoms. The van der Waals surface area contributed by atoms with Gasteiger partial charge in [0.2, 0.25) is 0 Å². The molecular weight excluding hydrogens is 157 g/mol. The second kappa shape index (κ2) is 3.81. The Morgan fingerprint density at radius 3 is 2.33 bits per heavy atom. The Morgan fingerprint density at radius 1 is 1.33 bits per heavy atom. The number of rotatable bonds is 0. The van der Waals surface area contributed by atoms with E-state index in [0.29, 0.717) is 0 Å². The van der Waals surface area contributed by atoms with Crippen LogP contribution in [-0.4, -0.2) is 0 Å². The van der Waals surface area contributed by atoms with Gasteiger partial charge in [0.15, 0.2) is 0 Å². The highest BCUT2D eigenvalue weighted by Crippen LogP contribution is 1.94. The molecule has 0 bridgehead atoms. The summed E-state index contributed by atoms with van der Waals surface area (Å²) >= 11 is 0. The monoisotopic (exact) mass is 164 g/mol. The van der Waals surface area contributed by atoms with E-state index in [0.717, 1.165) is 5.30 Å². The van der Waals surface area contributed by atoms with E-state index in [9.17, 15) is 4.39 Å². The third kappa shape index (κ3) is 2.78. The first kappa shape index (κ1) is 8.87. The molecule has 9 heavy (non-hydrogen) atoms. The maximum absolute atomic E-state index is 12.2. The van der Waals surface area contributed by atoms with E-state index in [4.69, 9.17) is 0 Å². The molecule has 1 atom stereocenters. The second-order valence-corrected chi connectivity index (χ2v) is 2.45. The van der Waals surface area contributed by atoms with E-state index in [1.807, 2.05) is 6.07 Å². The lowest BCUT2D eigenvalue weighted by molar-refractivity contribution is -0.00000213. The maximum atomic E-state index is 12.2. The van der Waals surface area contributed by atoms with Crippen molar-refractivity contribution in [1.29, 1.82) is 0 Å². The summed E-state index contributed by atoms with van der Waals surface area (Å²) in [6.07, 6.45) is 0. The average molecular weight is 165 g/mol. The first-order valence-corrected chi connectivity index (χ1v) is 3.07. The topological polar surface area (TPSA) is 0 Å². The van der Waals surface area contributed by atoms with E-state index in [2.05, 4.69) is 0 Å². The van der Waals surface area contributed by atoms with Gasteiger partial charge in [-0.2, -0.15) is 0 Å². The summed E-state index contributed by atoms with van der Waals surface area (Å²) in [6.45, 7) is 0. The van der Waals surface area contributed by atoms with Crippen molar-refractivity contribution in [1.82, 2.24) is 0 Å². The van der Waals surface area contributed by atoms with E-state index < -0.39 is 0 Å². The van der Waals surface area contributed by atoms with E-state index in [-0.39, 0.29) is 18.2 Å². The molecule has 0 aliphatic heterocycles. The van der Waals surface area contributed by atoms with E-state index in [1.165, 1.54) is 12.1 Å². The standard InChI is InChI=1S/C6H6FP.ClH/c7-5-2-1-3-6(8)4-5;/h1-4H,8H2;1H. The molecule has 0 amide bonds. The minimum absolute atomic E-state index is 0. The van der Waals surface area contributed by atoms with Gasteiger partial charge >= 0.3 is 0 Å². The third-order valence-corrected chi connectivity index (χ3v) is 1.33. The van der Waals surface area contributed by atoms with Crippen molar-refractivity contribution in [3.8, 4) is 0 Å². The molecule has 0 N–H and O–H groups in total. The van der Waals surface area contributed by atoms with Gasteiger partial charge in [0.25, 0.3) is 0 Å². The van der Waals surface area contributed by atoms with Crippen LogP contribution in [0, 0.1) is 5.82 Å². The Kier molecular flexibility index (Phi) is 3.76. The number of halogens is 2. The van der Waals surface area contributed by atoms with E-state index >= 15 is 0 Å². The summed E-state index contributed by atoms with van der Waals surface area (Å²) in [5, 5.41) is 0.991. The molecule has 1 unspecified atom stereocenters. The zero-order valence-electron chi connectivity index (χ0n) is 4.77. The molecule has 0 aliphatic carbocycles. The van der Waals surface area contributed by atoms with Crippen molar-refractivity contribution in [3.05, 3.63) is 30.1 Å². The molecule has 0 aromatic heterocycles. The average Bonchev–Trinajstić information content (AvgIpc) is 1.64. The summed E-state index contributed by atoms with van der Waals surface area (Å²) in [7, 11) is 1.68. The highest BCUT2D eigenvalue weighted by molar-refractivity contribution is 7.27. The van der Waals surface area contributed by atoms with E-state index in [1.54, 1.807) is 15.3 Å². The van der Waals surface area contributed by atoms with Crippen LogP contribution >= 0.6 is 9.24 Å². The summed E-state index contributed by atoms with van der Waals surface area (Å²) in [5.74, 6) is -0.155. The van der Waals surface area contributed by atoms with Crippen LogP contribution in [0.5, 0.6) is 0 Å². The normalized spacial score (nSPS) is 8.56. The van der Waals surface area contributed by atoms with Crippen LogP contribution < -0.4 is 17.7 Å². The predicted molar refractivity (Wildman–Crippen MR) is 37.1 cm³/mol. The number of hydrogen-bond donors (Lipinski definition) is 0. The van der Waals surface area contributed by atoms with Gasteiger partial charge in [0.05, 0.1) is 5.30 Å². The van der Waals surface area contributed by atoms with Crippen molar-refractivity contribution in [3.63, 3.8) is 0 Å². The van der Waals surface area contributed by atoms with Gasteiger partial charge in [-0.15, -0.1) is 0 Å². The minimum Gasteiger partial charge on any atom is -1.00 e. The van der Waals surface area contributed by atoms with Crippen molar-refractivity contribution in [2.45, 2.75) is 0 Å². The molecule has 0 aliphatic rings.